The van der Waals surface area contributed by atoms with Gasteiger partial charge in [0, 0.05) is 10.9 Å². The second-order valence-corrected chi connectivity index (χ2v) is 5.80. The smallest absolute Gasteiger partial charge is 0.124 e. The molecule has 2 aromatic carbocycles. The van der Waals surface area contributed by atoms with Crippen molar-refractivity contribution in [1.29, 1.82) is 0 Å². The quantitative estimate of drug-likeness (QED) is 0.797. The molecule has 0 aliphatic rings. The van der Waals surface area contributed by atoms with Crippen LogP contribution in [0.1, 0.15) is 17.2 Å². The Balaban J connectivity index is 2.20. The van der Waals surface area contributed by atoms with Crippen molar-refractivity contribution in [2.75, 3.05) is 0 Å². The van der Waals surface area contributed by atoms with E-state index in [1.807, 2.05) is 0 Å². The van der Waals surface area contributed by atoms with Gasteiger partial charge in [-0.1, -0.05) is 51.3 Å². The first-order valence-electron chi connectivity index (χ1n) is 5.54. The third-order valence-corrected chi connectivity index (χ3v) is 4.23. The van der Waals surface area contributed by atoms with Crippen LogP contribution in [0, 0.1) is 5.82 Å². The second kappa shape index (κ2) is 6.23. The van der Waals surface area contributed by atoms with E-state index in [0.29, 0.717) is 26.5 Å². The molecule has 1 atom stereocenters. The van der Waals surface area contributed by atoms with E-state index in [4.69, 9.17) is 23.2 Å². The Bertz CT molecular complexity index is 604. The van der Waals surface area contributed by atoms with Crippen LogP contribution in [0.3, 0.4) is 0 Å². The van der Waals surface area contributed by atoms with Crippen molar-refractivity contribution >= 4 is 39.1 Å². The summed E-state index contributed by atoms with van der Waals surface area (Å²) >= 11 is 15.0. The number of halogens is 4. The van der Waals surface area contributed by atoms with E-state index < -0.39 is 6.10 Å². The molecule has 0 radical (unpaired) electrons. The first kappa shape index (κ1) is 14.8. The SMILES string of the molecule is OC(Cc1ccc(F)cc1Br)c1ccc(Cl)c(Cl)c1. The lowest BCUT2D eigenvalue weighted by molar-refractivity contribution is 0.178. The van der Waals surface area contributed by atoms with Gasteiger partial charge in [0.15, 0.2) is 0 Å². The molecule has 1 unspecified atom stereocenters. The number of aliphatic hydroxyl groups is 1. The molecule has 2 rings (SSSR count). The van der Waals surface area contributed by atoms with Gasteiger partial charge in [-0.05, 0) is 35.4 Å². The summed E-state index contributed by atoms with van der Waals surface area (Å²) in [6.45, 7) is 0. The second-order valence-electron chi connectivity index (χ2n) is 4.13. The minimum atomic E-state index is -0.725. The molecular weight excluding hydrogens is 354 g/mol. The summed E-state index contributed by atoms with van der Waals surface area (Å²) < 4.78 is 13.6. The average Bonchev–Trinajstić information content (AvgIpc) is 2.36. The van der Waals surface area contributed by atoms with Crippen molar-refractivity contribution in [2.45, 2.75) is 12.5 Å². The van der Waals surface area contributed by atoms with E-state index in [-0.39, 0.29) is 5.82 Å². The van der Waals surface area contributed by atoms with Gasteiger partial charge in [0.25, 0.3) is 0 Å². The number of hydrogen-bond acceptors (Lipinski definition) is 1. The number of hydrogen-bond donors (Lipinski definition) is 1. The lowest BCUT2D eigenvalue weighted by atomic mass is 10.0. The van der Waals surface area contributed by atoms with E-state index in [1.165, 1.54) is 12.1 Å². The molecule has 0 amide bonds. The fraction of sp³-hybridized carbons (Fsp3) is 0.143. The highest BCUT2D eigenvalue weighted by molar-refractivity contribution is 9.10. The Morgan fingerprint density at radius 3 is 2.47 bits per heavy atom. The van der Waals surface area contributed by atoms with E-state index in [1.54, 1.807) is 24.3 Å². The van der Waals surface area contributed by atoms with Crippen LogP contribution in [0.25, 0.3) is 0 Å². The number of benzene rings is 2. The van der Waals surface area contributed by atoms with Crippen LogP contribution in [0.5, 0.6) is 0 Å². The molecule has 0 aromatic heterocycles. The standard InChI is InChI=1S/C14H10BrCl2FO/c15-11-7-10(18)3-1-8(11)6-14(19)9-2-4-12(16)13(17)5-9/h1-5,7,14,19H,6H2. The predicted octanol–water partition coefficient (Wildman–Crippen LogP) is 5.17. The molecule has 0 aliphatic heterocycles. The van der Waals surface area contributed by atoms with Gasteiger partial charge in [-0.3, -0.25) is 0 Å². The number of rotatable bonds is 3. The Labute approximate surface area is 129 Å². The fourth-order valence-electron chi connectivity index (χ4n) is 1.73. The molecule has 0 heterocycles. The summed E-state index contributed by atoms with van der Waals surface area (Å²) in [4.78, 5) is 0. The summed E-state index contributed by atoms with van der Waals surface area (Å²) in [6, 6.07) is 9.36. The largest absolute Gasteiger partial charge is 0.388 e. The summed E-state index contributed by atoms with van der Waals surface area (Å²) in [7, 11) is 0. The molecule has 2 aromatic rings. The summed E-state index contributed by atoms with van der Waals surface area (Å²) in [6.07, 6.45) is -0.365. The van der Waals surface area contributed by atoms with Crippen LogP contribution < -0.4 is 0 Å². The molecule has 0 saturated carbocycles. The zero-order chi connectivity index (χ0) is 14.0. The molecule has 0 bridgehead atoms. The van der Waals surface area contributed by atoms with Gasteiger partial charge < -0.3 is 5.11 Å². The average molecular weight is 364 g/mol. The zero-order valence-electron chi connectivity index (χ0n) is 9.71. The molecule has 0 spiro atoms. The highest BCUT2D eigenvalue weighted by atomic mass is 79.9. The molecule has 1 N–H and O–H groups in total. The molecule has 100 valence electrons. The maximum Gasteiger partial charge on any atom is 0.124 e. The van der Waals surface area contributed by atoms with E-state index in [9.17, 15) is 9.50 Å². The highest BCUT2D eigenvalue weighted by Gasteiger charge is 2.12. The molecule has 0 aliphatic carbocycles. The Morgan fingerprint density at radius 2 is 1.84 bits per heavy atom. The maximum atomic E-state index is 13.0. The first-order chi connectivity index (χ1) is 8.97. The summed E-state index contributed by atoms with van der Waals surface area (Å²) in [5, 5.41) is 11.0. The van der Waals surface area contributed by atoms with Gasteiger partial charge in [0.1, 0.15) is 5.82 Å². The minimum absolute atomic E-state index is 0.320. The van der Waals surface area contributed by atoms with E-state index in [2.05, 4.69) is 15.9 Å². The van der Waals surface area contributed by atoms with Crippen molar-refractivity contribution in [3.05, 3.63) is 67.9 Å². The van der Waals surface area contributed by atoms with Gasteiger partial charge in [0.2, 0.25) is 0 Å². The molecule has 19 heavy (non-hydrogen) atoms. The van der Waals surface area contributed by atoms with Gasteiger partial charge in [-0.15, -0.1) is 0 Å². The summed E-state index contributed by atoms with van der Waals surface area (Å²) in [5.74, 6) is -0.320. The molecular formula is C14H10BrCl2FO. The minimum Gasteiger partial charge on any atom is -0.388 e. The van der Waals surface area contributed by atoms with E-state index >= 15 is 0 Å². The molecule has 5 heteroatoms. The third-order valence-electron chi connectivity index (χ3n) is 2.76. The van der Waals surface area contributed by atoms with Crippen LogP contribution in [0.2, 0.25) is 10.0 Å². The van der Waals surface area contributed by atoms with Crippen LogP contribution in [0.4, 0.5) is 4.39 Å². The highest BCUT2D eigenvalue weighted by Crippen LogP contribution is 2.29. The molecule has 0 saturated heterocycles. The van der Waals surface area contributed by atoms with Gasteiger partial charge in [-0.25, -0.2) is 4.39 Å². The maximum absolute atomic E-state index is 13.0. The van der Waals surface area contributed by atoms with Crippen LogP contribution >= 0.6 is 39.1 Å². The number of aliphatic hydroxyl groups excluding tert-OH is 1. The van der Waals surface area contributed by atoms with Crippen molar-refractivity contribution < 1.29 is 9.50 Å². The van der Waals surface area contributed by atoms with Gasteiger partial charge in [0.05, 0.1) is 16.1 Å². The van der Waals surface area contributed by atoms with Crippen LogP contribution in [0.15, 0.2) is 40.9 Å². The Morgan fingerprint density at radius 1 is 1.11 bits per heavy atom. The predicted molar refractivity (Wildman–Crippen MR) is 79.2 cm³/mol. The fourth-order valence-corrected chi connectivity index (χ4v) is 2.55. The van der Waals surface area contributed by atoms with Crippen molar-refractivity contribution in [2.24, 2.45) is 0 Å². The monoisotopic (exact) mass is 362 g/mol. The van der Waals surface area contributed by atoms with E-state index in [0.717, 1.165) is 5.56 Å². The lowest BCUT2D eigenvalue weighted by Gasteiger charge is -2.13. The van der Waals surface area contributed by atoms with Crippen LogP contribution in [-0.4, -0.2) is 5.11 Å². The molecule has 0 fully saturated rings. The van der Waals surface area contributed by atoms with Crippen molar-refractivity contribution in [1.82, 2.24) is 0 Å². The topological polar surface area (TPSA) is 20.2 Å². The van der Waals surface area contributed by atoms with Crippen molar-refractivity contribution in [3.8, 4) is 0 Å². The Hall–Kier alpha value is -0.610. The van der Waals surface area contributed by atoms with Crippen LogP contribution in [-0.2, 0) is 6.42 Å². The van der Waals surface area contributed by atoms with Crippen molar-refractivity contribution in [3.63, 3.8) is 0 Å². The third kappa shape index (κ3) is 3.69. The van der Waals surface area contributed by atoms with Gasteiger partial charge >= 0.3 is 0 Å². The Kier molecular flexibility index (Phi) is 4.85. The summed E-state index contributed by atoms with van der Waals surface area (Å²) in [5.41, 5.74) is 1.49. The first-order valence-corrected chi connectivity index (χ1v) is 7.09. The zero-order valence-corrected chi connectivity index (χ0v) is 12.8. The normalized spacial score (nSPS) is 12.5. The lowest BCUT2D eigenvalue weighted by Crippen LogP contribution is -2.02. The van der Waals surface area contributed by atoms with Gasteiger partial charge in [-0.2, -0.15) is 0 Å². The molecule has 1 nitrogen and oxygen atoms in total.